The van der Waals surface area contributed by atoms with Gasteiger partial charge in [0.1, 0.15) is 0 Å². The molecule has 1 aromatic rings. The Balaban J connectivity index is 2.06. The molecule has 0 spiro atoms. The molecule has 2 atom stereocenters. The van der Waals surface area contributed by atoms with Crippen LogP contribution in [0.5, 0.6) is 0 Å². The quantitative estimate of drug-likeness (QED) is 0.816. The minimum Gasteiger partial charge on any atom is -0.478 e. The van der Waals surface area contributed by atoms with Gasteiger partial charge in [-0.15, -0.1) is 0 Å². The molecule has 0 bridgehead atoms. The maximum absolute atomic E-state index is 11.6. The molecule has 0 unspecified atom stereocenters. The second kappa shape index (κ2) is 3.96. The largest absolute Gasteiger partial charge is 0.478 e. The summed E-state index contributed by atoms with van der Waals surface area (Å²) in [6.45, 7) is 2.03. The molecule has 0 radical (unpaired) electrons. The topological polar surface area (TPSA) is 66.4 Å². The predicted molar refractivity (Wildman–Crippen MR) is 59.3 cm³/mol. The second-order valence-corrected chi connectivity index (χ2v) is 4.19. The number of rotatable bonds is 3. The molecule has 84 valence electrons. The van der Waals surface area contributed by atoms with Crippen molar-refractivity contribution >= 4 is 17.6 Å². The third-order valence-corrected chi connectivity index (χ3v) is 2.82. The Morgan fingerprint density at radius 2 is 2.12 bits per heavy atom. The van der Waals surface area contributed by atoms with Gasteiger partial charge in [-0.1, -0.05) is 13.0 Å². The van der Waals surface area contributed by atoms with Crippen molar-refractivity contribution in [3.63, 3.8) is 0 Å². The zero-order valence-corrected chi connectivity index (χ0v) is 8.93. The van der Waals surface area contributed by atoms with Crippen LogP contribution in [0.1, 0.15) is 23.7 Å². The van der Waals surface area contributed by atoms with Crippen molar-refractivity contribution in [1.29, 1.82) is 0 Å². The van der Waals surface area contributed by atoms with Gasteiger partial charge >= 0.3 is 5.97 Å². The number of benzene rings is 1. The first-order chi connectivity index (χ1) is 7.58. The summed E-state index contributed by atoms with van der Waals surface area (Å²) in [6, 6.07) is 6.28. The van der Waals surface area contributed by atoms with E-state index in [1.54, 1.807) is 12.1 Å². The molecule has 4 nitrogen and oxygen atoms in total. The lowest BCUT2D eigenvalue weighted by Crippen LogP contribution is -2.14. The zero-order valence-electron chi connectivity index (χ0n) is 8.93. The van der Waals surface area contributed by atoms with Crippen LogP contribution in [0.4, 0.5) is 5.69 Å². The lowest BCUT2D eigenvalue weighted by Gasteiger charge is -2.04. The van der Waals surface area contributed by atoms with Crippen molar-refractivity contribution in [3.05, 3.63) is 29.8 Å². The molecule has 0 aliphatic heterocycles. The summed E-state index contributed by atoms with van der Waals surface area (Å²) in [6.07, 6.45) is 0.921. The Morgan fingerprint density at radius 1 is 1.44 bits per heavy atom. The smallest absolute Gasteiger partial charge is 0.335 e. The summed E-state index contributed by atoms with van der Waals surface area (Å²) < 4.78 is 0. The number of amides is 1. The van der Waals surface area contributed by atoms with Gasteiger partial charge in [0.25, 0.3) is 0 Å². The van der Waals surface area contributed by atoms with Gasteiger partial charge in [-0.25, -0.2) is 4.79 Å². The normalized spacial score (nSPS) is 22.6. The summed E-state index contributed by atoms with van der Waals surface area (Å²) in [5, 5.41) is 11.5. The standard InChI is InChI=1S/C12H13NO3/c1-7-5-10(7)11(14)13-9-4-2-3-8(6-9)12(15)16/h2-4,6-7,10H,5H2,1H3,(H,13,14)(H,15,16)/t7-,10+/m0/s1. The number of hydrogen-bond donors (Lipinski definition) is 2. The number of anilines is 1. The molecule has 16 heavy (non-hydrogen) atoms. The fourth-order valence-corrected chi connectivity index (χ4v) is 1.65. The monoisotopic (exact) mass is 219 g/mol. The lowest BCUT2D eigenvalue weighted by atomic mass is 10.2. The second-order valence-electron chi connectivity index (χ2n) is 4.19. The van der Waals surface area contributed by atoms with E-state index in [0.29, 0.717) is 11.6 Å². The van der Waals surface area contributed by atoms with Crippen molar-refractivity contribution in [3.8, 4) is 0 Å². The molecule has 1 aliphatic carbocycles. The zero-order chi connectivity index (χ0) is 11.7. The van der Waals surface area contributed by atoms with Gasteiger partial charge in [-0.05, 0) is 30.5 Å². The maximum Gasteiger partial charge on any atom is 0.335 e. The van der Waals surface area contributed by atoms with Crippen molar-refractivity contribution in [2.75, 3.05) is 5.32 Å². The van der Waals surface area contributed by atoms with Gasteiger partial charge in [0, 0.05) is 11.6 Å². The Hall–Kier alpha value is -1.84. The number of hydrogen-bond acceptors (Lipinski definition) is 2. The number of carbonyl (C=O) groups is 2. The predicted octanol–water partition coefficient (Wildman–Crippen LogP) is 1.98. The minimum absolute atomic E-state index is 0.0185. The van der Waals surface area contributed by atoms with E-state index in [9.17, 15) is 9.59 Å². The van der Waals surface area contributed by atoms with Crippen LogP contribution in [0.3, 0.4) is 0 Å². The molecule has 1 aromatic carbocycles. The minimum atomic E-state index is -0.990. The van der Waals surface area contributed by atoms with Crippen LogP contribution in [0, 0.1) is 11.8 Å². The molecule has 4 heteroatoms. The molecule has 0 heterocycles. The summed E-state index contributed by atoms with van der Waals surface area (Å²) in [5.41, 5.74) is 0.727. The molecular formula is C12H13NO3. The van der Waals surface area contributed by atoms with E-state index >= 15 is 0 Å². The summed E-state index contributed by atoms with van der Waals surface area (Å²) in [4.78, 5) is 22.3. The van der Waals surface area contributed by atoms with Gasteiger partial charge in [0.2, 0.25) is 5.91 Å². The van der Waals surface area contributed by atoms with E-state index in [-0.39, 0.29) is 17.4 Å². The number of carboxylic acid groups (broad SMARTS) is 1. The van der Waals surface area contributed by atoms with Crippen LogP contribution < -0.4 is 5.32 Å². The molecule has 1 aliphatic rings. The van der Waals surface area contributed by atoms with Crippen LogP contribution >= 0.6 is 0 Å². The Labute approximate surface area is 93.3 Å². The third-order valence-electron chi connectivity index (χ3n) is 2.82. The Morgan fingerprint density at radius 3 is 2.69 bits per heavy atom. The van der Waals surface area contributed by atoms with E-state index in [0.717, 1.165) is 6.42 Å². The van der Waals surface area contributed by atoms with Gasteiger partial charge in [0.15, 0.2) is 0 Å². The highest BCUT2D eigenvalue weighted by Gasteiger charge is 2.39. The Bertz CT molecular complexity index is 442. The van der Waals surface area contributed by atoms with Gasteiger partial charge in [-0.2, -0.15) is 0 Å². The van der Waals surface area contributed by atoms with Crippen molar-refractivity contribution in [2.45, 2.75) is 13.3 Å². The average molecular weight is 219 g/mol. The van der Waals surface area contributed by atoms with Crippen LogP contribution in [-0.2, 0) is 4.79 Å². The molecule has 0 aromatic heterocycles. The number of carboxylic acids is 1. The molecule has 1 amide bonds. The summed E-state index contributed by atoms with van der Waals surface area (Å²) in [7, 11) is 0. The van der Waals surface area contributed by atoms with Crippen molar-refractivity contribution in [1.82, 2.24) is 0 Å². The van der Waals surface area contributed by atoms with Crippen molar-refractivity contribution in [2.24, 2.45) is 11.8 Å². The number of carbonyl (C=O) groups excluding carboxylic acids is 1. The lowest BCUT2D eigenvalue weighted by molar-refractivity contribution is -0.117. The van der Waals surface area contributed by atoms with Crippen LogP contribution in [0.15, 0.2) is 24.3 Å². The van der Waals surface area contributed by atoms with E-state index in [4.69, 9.17) is 5.11 Å². The van der Waals surface area contributed by atoms with Crippen LogP contribution in [0.25, 0.3) is 0 Å². The first kappa shape index (κ1) is 10.7. The highest BCUT2D eigenvalue weighted by atomic mass is 16.4. The van der Waals surface area contributed by atoms with E-state index < -0.39 is 5.97 Å². The highest BCUT2D eigenvalue weighted by Crippen LogP contribution is 2.38. The first-order valence-electron chi connectivity index (χ1n) is 5.22. The van der Waals surface area contributed by atoms with Crippen molar-refractivity contribution < 1.29 is 14.7 Å². The molecular weight excluding hydrogens is 206 g/mol. The van der Waals surface area contributed by atoms with E-state index in [1.807, 2.05) is 6.92 Å². The summed E-state index contributed by atoms with van der Waals surface area (Å²) in [5.74, 6) is -0.470. The highest BCUT2D eigenvalue weighted by molar-refractivity contribution is 5.96. The van der Waals surface area contributed by atoms with E-state index in [1.165, 1.54) is 12.1 Å². The SMILES string of the molecule is C[C@H]1C[C@H]1C(=O)Nc1cccc(C(=O)O)c1. The fourth-order valence-electron chi connectivity index (χ4n) is 1.65. The average Bonchev–Trinajstić information content (AvgIpc) is 2.96. The van der Waals surface area contributed by atoms with Gasteiger partial charge in [0.05, 0.1) is 5.56 Å². The first-order valence-corrected chi connectivity index (χ1v) is 5.22. The maximum atomic E-state index is 11.6. The van der Waals surface area contributed by atoms with E-state index in [2.05, 4.69) is 5.32 Å². The van der Waals surface area contributed by atoms with Crippen LogP contribution in [-0.4, -0.2) is 17.0 Å². The molecule has 2 rings (SSSR count). The number of aromatic carboxylic acids is 1. The van der Waals surface area contributed by atoms with Crippen LogP contribution in [0.2, 0.25) is 0 Å². The fraction of sp³-hybridized carbons (Fsp3) is 0.333. The van der Waals surface area contributed by atoms with Gasteiger partial charge < -0.3 is 10.4 Å². The molecule has 1 fully saturated rings. The summed E-state index contributed by atoms with van der Waals surface area (Å²) >= 11 is 0. The Kier molecular flexibility index (Phi) is 2.64. The number of nitrogens with one attached hydrogen (secondary N) is 1. The van der Waals surface area contributed by atoms with Gasteiger partial charge in [-0.3, -0.25) is 4.79 Å². The third kappa shape index (κ3) is 2.21. The molecule has 0 saturated heterocycles. The molecule has 1 saturated carbocycles. The molecule has 2 N–H and O–H groups in total.